The number of hydrogen-bond donors (Lipinski definition) is 1. The fourth-order valence-electron chi connectivity index (χ4n) is 3.59. The highest BCUT2D eigenvalue weighted by Gasteiger charge is 2.18. The Morgan fingerprint density at radius 2 is 1.81 bits per heavy atom. The number of H-pyrrole nitrogens is 1. The predicted molar refractivity (Wildman–Crippen MR) is 116 cm³/mol. The highest BCUT2D eigenvalue weighted by Crippen LogP contribution is 2.28. The van der Waals surface area contributed by atoms with Crippen LogP contribution in [0.25, 0.3) is 10.9 Å². The fourth-order valence-corrected chi connectivity index (χ4v) is 5.09. The third-order valence-electron chi connectivity index (χ3n) is 5.00. The topological polar surface area (TPSA) is 22.3 Å². The average Bonchev–Trinajstić information content (AvgIpc) is 3.16. The number of halogens is 1. The van der Waals surface area contributed by atoms with Gasteiger partial charge in [-0.3, -0.25) is 4.90 Å². The van der Waals surface area contributed by atoms with Crippen molar-refractivity contribution in [1.29, 1.82) is 0 Å². The second kappa shape index (κ2) is 8.51. The summed E-state index contributed by atoms with van der Waals surface area (Å²) in [6, 6.07) is 17.2. The maximum absolute atomic E-state index is 3.63. The first-order chi connectivity index (χ1) is 12.8. The van der Waals surface area contributed by atoms with Gasteiger partial charge in [-0.05, 0) is 65.0 Å². The van der Waals surface area contributed by atoms with Gasteiger partial charge in [0.15, 0.2) is 0 Å². The molecule has 0 saturated carbocycles. The summed E-state index contributed by atoms with van der Waals surface area (Å²) in [4.78, 5) is 9.80. The SMILES string of the molecule is Brc1ccccc1SCCCN1CCN(c2cccc3[nH]ccc23)CC1. The molecule has 0 radical (unpaired) electrons. The van der Waals surface area contributed by atoms with Gasteiger partial charge in [0.05, 0.1) is 0 Å². The molecule has 3 aromatic rings. The maximum Gasteiger partial charge on any atom is 0.0474 e. The van der Waals surface area contributed by atoms with Crippen LogP contribution in [0.4, 0.5) is 5.69 Å². The van der Waals surface area contributed by atoms with E-state index in [1.807, 2.05) is 18.0 Å². The molecule has 136 valence electrons. The lowest BCUT2D eigenvalue weighted by molar-refractivity contribution is 0.259. The molecule has 1 N–H and O–H groups in total. The summed E-state index contributed by atoms with van der Waals surface area (Å²) in [5.41, 5.74) is 2.60. The number of aromatic amines is 1. The molecule has 2 heterocycles. The van der Waals surface area contributed by atoms with Crippen LogP contribution in [0.5, 0.6) is 0 Å². The van der Waals surface area contributed by atoms with Gasteiger partial charge in [-0.15, -0.1) is 11.8 Å². The lowest BCUT2D eigenvalue weighted by Gasteiger charge is -2.36. The van der Waals surface area contributed by atoms with Gasteiger partial charge in [-0.2, -0.15) is 0 Å². The molecule has 0 unspecified atom stereocenters. The highest BCUT2D eigenvalue weighted by atomic mass is 79.9. The second-order valence-corrected chi connectivity index (χ2v) is 8.67. The maximum atomic E-state index is 3.63. The Kier molecular flexibility index (Phi) is 5.88. The zero-order chi connectivity index (χ0) is 17.8. The Balaban J connectivity index is 1.24. The van der Waals surface area contributed by atoms with Gasteiger partial charge in [0, 0.05) is 58.3 Å². The minimum absolute atomic E-state index is 1.11. The van der Waals surface area contributed by atoms with Crippen LogP contribution in [0.2, 0.25) is 0 Å². The summed E-state index contributed by atoms with van der Waals surface area (Å²) in [5.74, 6) is 1.17. The molecule has 3 nitrogen and oxygen atoms in total. The normalized spacial score (nSPS) is 15.7. The van der Waals surface area contributed by atoms with E-state index >= 15 is 0 Å². The Morgan fingerprint density at radius 1 is 0.962 bits per heavy atom. The molecular weight excluding hydrogens is 406 g/mol. The molecule has 0 aliphatic carbocycles. The van der Waals surface area contributed by atoms with E-state index < -0.39 is 0 Å². The number of benzene rings is 2. The lowest BCUT2D eigenvalue weighted by Crippen LogP contribution is -2.46. The van der Waals surface area contributed by atoms with Gasteiger partial charge in [0.1, 0.15) is 0 Å². The predicted octanol–water partition coefficient (Wildman–Crippen LogP) is 5.23. The van der Waals surface area contributed by atoms with Crippen molar-refractivity contribution >= 4 is 44.3 Å². The number of fused-ring (bicyclic) bond motifs is 1. The van der Waals surface area contributed by atoms with E-state index in [0.29, 0.717) is 0 Å². The summed E-state index contributed by atoms with van der Waals surface area (Å²) in [6.07, 6.45) is 3.27. The van der Waals surface area contributed by atoms with Gasteiger partial charge < -0.3 is 9.88 Å². The molecule has 5 heteroatoms. The Labute approximate surface area is 167 Å². The molecule has 1 fully saturated rings. The monoisotopic (exact) mass is 429 g/mol. The van der Waals surface area contributed by atoms with Crippen LogP contribution in [0.3, 0.4) is 0 Å². The number of rotatable bonds is 6. The van der Waals surface area contributed by atoms with Crippen LogP contribution < -0.4 is 4.90 Å². The molecule has 1 aromatic heterocycles. The molecule has 0 amide bonds. The minimum atomic E-state index is 1.11. The first-order valence-corrected chi connectivity index (χ1v) is 11.0. The molecule has 1 saturated heterocycles. The molecule has 0 bridgehead atoms. The number of nitrogens with zero attached hydrogens (tertiary/aromatic N) is 2. The minimum Gasteiger partial charge on any atom is -0.368 e. The second-order valence-electron chi connectivity index (χ2n) is 6.68. The molecule has 0 spiro atoms. The average molecular weight is 430 g/mol. The summed E-state index contributed by atoms with van der Waals surface area (Å²) in [6.45, 7) is 5.73. The van der Waals surface area contributed by atoms with Crippen LogP contribution in [-0.4, -0.2) is 48.4 Å². The van der Waals surface area contributed by atoms with Crippen LogP contribution in [0, 0.1) is 0 Å². The van der Waals surface area contributed by atoms with Crippen LogP contribution in [-0.2, 0) is 0 Å². The smallest absolute Gasteiger partial charge is 0.0474 e. The summed E-state index contributed by atoms with van der Waals surface area (Å²) >= 11 is 5.58. The number of aromatic nitrogens is 1. The quantitative estimate of drug-likeness (QED) is 0.428. The van der Waals surface area contributed by atoms with E-state index in [1.54, 1.807) is 0 Å². The van der Waals surface area contributed by atoms with Crippen LogP contribution in [0.15, 0.2) is 64.1 Å². The molecule has 1 aliphatic heterocycles. The molecule has 2 aromatic carbocycles. The van der Waals surface area contributed by atoms with Crippen molar-refractivity contribution in [2.75, 3.05) is 43.4 Å². The molecule has 0 atom stereocenters. The number of hydrogen-bond acceptors (Lipinski definition) is 3. The van der Waals surface area contributed by atoms with E-state index in [2.05, 4.69) is 79.2 Å². The number of nitrogens with one attached hydrogen (secondary N) is 1. The van der Waals surface area contributed by atoms with E-state index in [-0.39, 0.29) is 0 Å². The van der Waals surface area contributed by atoms with Gasteiger partial charge in [0.25, 0.3) is 0 Å². The molecular formula is C21H24BrN3S. The van der Waals surface area contributed by atoms with Gasteiger partial charge >= 0.3 is 0 Å². The largest absolute Gasteiger partial charge is 0.368 e. The van der Waals surface area contributed by atoms with E-state index in [0.717, 1.165) is 26.2 Å². The summed E-state index contributed by atoms with van der Waals surface area (Å²) in [5, 5.41) is 1.34. The van der Waals surface area contributed by atoms with E-state index in [1.165, 1.54) is 44.7 Å². The molecule has 26 heavy (non-hydrogen) atoms. The Morgan fingerprint density at radius 3 is 2.65 bits per heavy atom. The van der Waals surface area contributed by atoms with Gasteiger partial charge in [-0.1, -0.05) is 18.2 Å². The van der Waals surface area contributed by atoms with E-state index in [4.69, 9.17) is 0 Å². The van der Waals surface area contributed by atoms with Crippen molar-refractivity contribution in [2.45, 2.75) is 11.3 Å². The third kappa shape index (κ3) is 4.11. The van der Waals surface area contributed by atoms with Crippen molar-refractivity contribution in [2.24, 2.45) is 0 Å². The van der Waals surface area contributed by atoms with Crippen molar-refractivity contribution in [3.8, 4) is 0 Å². The summed E-state index contributed by atoms with van der Waals surface area (Å²) < 4.78 is 1.21. The Hall–Kier alpha value is -1.43. The van der Waals surface area contributed by atoms with Crippen LogP contribution in [0.1, 0.15) is 6.42 Å². The van der Waals surface area contributed by atoms with Gasteiger partial charge in [0.2, 0.25) is 0 Å². The standard InChI is InChI=1S/C21H24BrN3S/c22-18-5-1-2-8-21(18)26-16-4-11-24-12-14-25(15-13-24)20-7-3-6-19-17(20)9-10-23-19/h1-3,5-10,23H,4,11-16H2. The number of thioether (sulfide) groups is 1. The number of piperazine rings is 1. The van der Waals surface area contributed by atoms with Crippen molar-refractivity contribution in [1.82, 2.24) is 9.88 Å². The van der Waals surface area contributed by atoms with Crippen LogP contribution >= 0.6 is 27.7 Å². The van der Waals surface area contributed by atoms with Crippen molar-refractivity contribution in [3.63, 3.8) is 0 Å². The summed E-state index contributed by atoms with van der Waals surface area (Å²) in [7, 11) is 0. The zero-order valence-corrected chi connectivity index (χ0v) is 17.2. The number of anilines is 1. The fraction of sp³-hybridized carbons (Fsp3) is 0.333. The lowest BCUT2D eigenvalue weighted by atomic mass is 10.1. The van der Waals surface area contributed by atoms with Crippen molar-refractivity contribution in [3.05, 3.63) is 59.2 Å². The zero-order valence-electron chi connectivity index (χ0n) is 14.8. The first kappa shape index (κ1) is 18.0. The molecule has 1 aliphatic rings. The molecule has 4 rings (SSSR count). The third-order valence-corrected chi connectivity index (χ3v) is 7.11. The van der Waals surface area contributed by atoms with Gasteiger partial charge in [-0.25, -0.2) is 0 Å². The highest BCUT2D eigenvalue weighted by molar-refractivity contribution is 9.10. The van der Waals surface area contributed by atoms with Crippen molar-refractivity contribution < 1.29 is 0 Å². The Bertz CT molecular complexity index is 855. The first-order valence-electron chi connectivity index (χ1n) is 9.22. The van der Waals surface area contributed by atoms with E-state index in [9.17, 15) is 0 Å².